The van der Waals surface area contributed by atoms with Gasteiger partial charge in [0.1, 0.15) is 5.75 Å². The first kappa shape index (κ1) is 18.8. The number of unbranched alkanes of at least 4 members (excludes halogenated alkanes) is 3. The Kier molecular flexibility index (Phi) is 8.67. The van der Waals surface area contributed by atoms with Crippen molar-refractivity contribution < 1.29 is 9.53 Å². The van der Waals surface area contributed by atoms with Crippen LogP contribution in [0.2, 0.25) is 0 Å². The van der Waals surface area contributed by atoms with Gasteiger partial charge in [0.15, 0.2) is 0 Å². The molecule has 1 N–H and O–H groups in total. The standard InChI is InChI=1S/C20H32N2O2/c1-2-3-4-5-16-24-19-11-9-18(10-12-19)17-21-13-7-15-22-14-6-8-20(22)23/h9-12,21H,2-8,13-17H2,1H3. The molecule has 0 atom stereocenters. The molecule has 1 saturated heterocycles. The number of carbonyl (C=O) groups is 1. The topological polar surface area (TPSA) is 41.6 Å². The molecule has 2 rings (SSSR count). The quantitative estimate of drug-likeness (QED) is 0.593. The summed E-state index contributed by atoms with van der Waals surface area (Å²) >= 11 is 0. The van der Waals surface area contributed by atoms with Crippen molar-refractivity contribution in [2.75, 3.05) is 26.2 Å². The van der Waals surface area contributed by atoms with Crippen LogP contribution in [0.1, 0.15) is 57.4 Å². The van der Waals surface area contributed by atoms with E-state index < -0.39 is 0 Å². The maximum Gasteiger partial charge on any atom is 0.222 e. The Morgan fingerprint density at radius 1 is 1.12 bits per heavy atom. The van der Waals surface area contributed by atoms with Crippen LogP contribution in [0.3, 0.4) is 0 Å². The third-order valence-corrected chi connectivity index (χ3v) is 4.47. The summed E-state index contributed by atoms with van der Waals surface area (Å²) in [5, 5.41) is 3.45. The smallest absolute Gasteiger partial charge is 0.222 e. The summed E-state index contributed by atoms with van der Waals surface area (Å²) in [7, 11) is 0. The third kappa shape index (κ3) is 6.91. The molecule has 0 bridgehead atoms. The molecule has 0 spiro atoms. The van der Waals surface area contributed by atoms with Crippen molar-refractivity contribution in [3.8, 4) is 5.75 Å². The first-order valence-corrected chi connectivity index (χ1v) is 9.50. The SMILES string of the molecule is CCCCCCOc1ccc(CNCCCN2CCCC2=O)cc1. The number of carbonyl (C=O) groups excluding carboxylic acids is 1. The number of nitrogens with one attached hydrogen (secondary N) is 1. The Hall–Kier alpha value is -1.55. The van der Waals surface area contributed by atoms with Crippen molar-refractivity contribution >= 4 is 5.91 Å². The van der Waals surface area contributed by atoms with E-state index in [9.17, 15) is 4.79 Å². The number of hydrogen-bond donors (Lipinski definition) is 1. The van der Waals surface area contributed by atoms with Crippen molar-refractivity contribution in [3.63, 3.8) is 0 Å². The van der Waals surface area contributed by atoms with Gasteiger partial charge in [-0.3, -0.25) is 4.79 Å². The lowest BCUT2D eigenvalue weighted by molar-refractivity contribution is -0.127. The Labute approximate surface area is 146 Å². The zero-order chi connectivity index (χ0) is 17.0. The summed E-state index contributed by atoms with van der Waals surface area (Å²) in [6.07, 6.45) is 7.72. The molecule has 1 aliphatic rings. The predicted octanol–water partition coefficient (Wildman–Crippen LogP) is 3.75. The minimum atomic E-state index is 0.320. The van der Waals surface area contributed by atoms with Crippen LogP contribution in [-0.2, 0) is 11.3 Å². The Morgan fingerprint density at radius 3 is 2.67 bits per heavy atom. The molecule has 1 aliphatic heterocycles. The molecule has 1 amide bonds. The second-order valence-corrected chi connectivity index (χ2v) is 6.57. The second-order valence-electron chi connectivity index (χ2n) is 6.57. The molecular formula is C20H32N2O2. The molecule has 1 heterocycles. The molecule has 0 unspecified atom stereocenters. The van der Waals surface area contributed by atoms with Crippen molar-refractivity contribution in [2.24, 2.45) is 0 Å². The second kappa shape index (κ2) is 11.1. The molecule has 0 radical (unpaired) electrons. The summed E-state index contributed by atoms with van der Waals surface area (Å²) in [6.45, 7) is 6.67. The highest BCUT2D eigenvalue weighted by atomic mass is 16.5. The van der Waals surface area contributed by atoms with Crippen LogP contribution in [0.25, 0.3) is 0 Å². The van der Waals surface area contributed by atoms with Crippen LogP contribution in [0.4, 0.5) is 0 Å². The minimum absolute atomic E-state index is 0.320. The molecule has 134 valence electrons. The van der Waals surface area contributed by atoms with Crippen LogP contribution in [-0.4, -0.2) is 37.0 Å². The summed E-state index contributed by atoms with van der Waals surface area (Å²) in [5.41, 5.74) is 1.27. The number of amides is 1. The van der Waals surface area contributed by atoms with E-state index in [1.165, 1.54) is 24.8 Å². The van der Waals surface area contributed by atoms with Gasteiger partial charge in [-0.25, -0.2) is 0 Å². The molecule has 0 saturated carbocycles. The maximum atomic E-state index is 11.5. The largest absolute Gasteiger partial charge is 0.494 e. The van der Waals surface area contributed by atoms with E-state index in [2.05, 4.69) is 36.5 Å². The first-order chi connectivity index (χ1) is 11.8. The molecule has 24 heavy (non-hydrogen) atoms. The van der Waals surface area contributed by atoms with Crippen LogP contribution in [0, 0.1) is 0 Å². The van der Waals surface area contributed by atoms with Gasteiger partial charge in [0.25, 0.3) is 0 Å². The number of benzene rings is 1. The van der Waals surface area contributed by atoms with Gasteiger partial charge in [-0.1, -0.05) is 38.3 Å². The predicted molar refractivity (Wildman–Crippen MR) is 98.2 cm³/mol. The minimum Gasteiger partial charge on any atom is -0.494 e. The fraction of sp³-hybridized carbons (Fsp3) is 0.650. The fourth-order valence-electron chi connectivity index (χ4n) is 2.99. The zero-order valence-electron chi connectivity index (χ0n) is 15.1. The van der Waals surface area contributed by atoms with Crippen molar-refractivity contribution in [2.45, 2.75) is 58.4 Å². The Bertz CT molecular complexity index is 473. The van der Waals surface area contributed by atoms with Gasteiger partial charge in [0.2, 0.25) is 5.91 Å². The van der Waals surface area contributed by atoms with Crippen LogP contribution >= 0.6 is 0 Å². The molecule has 1 fully saturated rings. The molecule has 1 aromatic rings. The van der Waals surface area contributed by atoms with Crippen molar-refractivity contribution in [1.29, 1.82) is 0 Å². The highest BCUT2D eigenvalue weighted by Crippen LogP contribution is 2.13. The average Bonchev–Trinajstić information content (AvgIpc) is 3.01. The van der Waals surface area contributed by atoms with Gasteiger partial charge >= 0.3 is 0 Å². The van der Waals surface area contributed by atoms with E-state index in [1.54, 1.807) is 0 Å². The normalized spacial score (nSPS) is 14.4. The third-order valence-electron chi connectivity index (χ3n) is 4.47. The highest BCUT2D eigenvalue weighted by Gasteiger charge is 2.18. The zero-order valence-corrected chi connectivity index (χ0v) is 15.1. The summed E-state index contributed by atoms with van der Waals surface area (Å²) in [4.78, 5) is 13.5. The number of hydrogen-bond acceptors (Lipinski definition) is 3. The van der Waals surface area contributed by atoms with E-state index >= 15 is 0 Å². The van der Waals surface area contributed by atoms with Crippen LogP contribution < -0.4 is 10.1 Å². The monoisotopic (exact) mass is 332 g/mol. The van der Waals surface area contributed by atoms with E-state index in [0.717, 1.165) is 64.2 Å². The maximum absolute atomic E-state index is 11.5. The Morgan fingerprint density at radius 2 is 1.96 bits per heavy atom. The van der Waals surface area contributed by atoms with Crippen LogP contribution in [0.5, 0.6) is 5.75 Å². The number of rotatable bonds is 12. The number of likely N-dealkylation sites (tertiary alicyclic amines) is 1. The Balaban J connectivity index is 1.54. The van der Waals surface area contributed by atoms with E-state index in [-0.39, 0.29) is 0 Å². The van der Waals surface area contributed by atoms with Gasteiger partial charge in [0, 0.05) is 26.1 Å². The van der Waals surface area contributed by atoms with Gasteiger partial charge < -0.3 is 15.0 Å². The number of ether oxygens (including phenoxy) is 1. The van der Waals surface area contributed by atoms with Crippen molar-refractivity contribution in [3.05, 3.63) is 29.8 Å². The van der Waals surface area contributed by atoms with E-state index in [4.69, 9.17) is 4.74 Å². The van der Waals surface area contributed by atoms with E-state index in [0.29, 0.717) is 5.91 Å². The summed E-state index contributed by atoms with van der Waals surface area (Å²) in [6, 6.07) is 8.36. The number of nitrogens with zero attached hydrogens (tertiary/aromatic N) is 1. The lowest BCUT2D eigenvalue weighted by atomic mass is 10.2. The van der Waals surface area contributed by atoms with Gasteiger partial charge in [0.05, 0.1) is 6.61 Å². The summed E-state index contributed by atoms with van der Waals surface area (Å²) in [5.74, 6) is 1.28. The lowest BCUT2D eigenvalue weighted by Crippen LogP contribution is -2.28. The first-order valence-electron chi connectivity index (χ1n) is 9.50. The molecule has 1 aromatic carbocycles. The van der Waals surface area contributed by atoms with Gasteiger partial charge in [-0.2, -0.15) is 0 Å². The summed E-state index contributed by atoms with van der Waals surface area (Å²) < 4.78 is 5.76. The van der Waals surface area contributed by atoms with Gasteiger partial charge in [-0.15, -0.1) is 0 Å². The molecular weight excluding hydrogens is 300 g/mol. The van der Waals surface area contributed by atoms with E-state index in [1.807, 2.05) is 4.90 Å². The lowest BCUT2D eigenvalue weighted by Gasteiger charge is -2.15. The van der Waals surface area contributed by atoms with Crippen molar-refractivity contribution in [1.82, 2.24) is 10.2 Å². The average molecular weight is 332 g/mol. The molecule has 0 aliphatic carbocycles. The highest BCUT2D eigenvalue weighted by molar-refractivity contribution is 5.77. The molecule has 0 aromatic heterocycles. The van der Waals surface area contributed by atoms with Crippen LogP contribution in [0.15, 0.2) is 24.3 Å². The molecule has 4 nitrogen and oxygen atoms in total. The van der Waals surface area contributed by atoms with Gasteiger partial charge in [-0.05, 0) is 43.5 Å². The fourth-order valence-corrected chi connectivity index (χ4v) is 2.99. The molecule has 4 heteroatoms.